The van der Waals surface area contributed by atoms with E-state index in [2.05, 4.69) is 0 Å². The third kappa shape index (κ3) is 1.84. The number of aromatic hydroxyl groups is 1. The van der Waals surface area contributed by atoms with Crippen molar-refractivity contribution < 1.29 is 13.9 Å². The van der Waals surface area contributed by atoms with Crippen molar-refractivity contribution >= 4 is 12.4 Å². The second kappa shape index (κ2) is 4.23. The zero-order valence-corrected chi connectivity index (χ0v) is 6.87. The van der Waals surface area contributed by atoms with Gasteiger partial charge in [0.2, 0.25) is 5.82 Å². The lowest BCUT2D eigenvalue weighted by Crippen LogP contribution is -1.98. The second-order valence-electron chi connectivity index (χ2n) is 2.07. The molecule has 0 bridgehead atoms. The number of hydrogen-bond acceptors (Lipinski definition) is 2. The number of hydrogen-bond donors (Lipinski definition) is 2. The number of benzene rings is 1. The van der Waals surface area contributed by atoms with E-state index in [1.807, 2.05) is 0 Å². The summed E-state index contributed by atoms with van der Waals surface area (Å²) in [6.45, 7) is -0.0109. The molecule has 0 amide bonds. The molecule has 0 unspecified atom stereocenters. The Kier molecular flexibility index (Phi) is 3.92. The molecule has 1 rings (SSSR count). The van der Waals surface area contributed by atoms with E-state index in [0.29, 0.717) is 0 Å². The zero-order chi connectivity index (χ0) is 8.43. The van der Waals surface area contributed by atoms with Crippen molar-refractivity contribution in [3.05, 3.63) is 29.3 Å². The molecule has 2 nitrogen and oxygen atoms in total. The SMILES string of the molecule is Cl.NCc1ccc(F)c(F)c1O. The molecule has 0 aliphatic carbocycles. The van der Waals surface area contributed by atoms with Gasteiger partial charge in [0, 0.05) is 12.1 Å². The number of rotatable bonds is 1. The Balaban J connectivity index is 0.00000121. The van der Waals surface area contributed by atoms with Gasteiger partial charge < -0.3 is 10.8 Å². The van der Waals surface area contributed by atoms with Crippen molar-refractivity contribution in [1.29, 1.82) is 0 Å². The van der Waals surface area contributed by atoms with Gasteiger partial charge in [-0.05, 0) is 6.07 Å². The minimum Gasteiger partial charge on any atom is -0.505 e. The van der Waals surface area contributed by atoms with Gasteiger partial charge in [0.1, 0.15) is 0 Å². The summed E-state index contributed by atoms with van der Waals surface area (Å²) >= 11 is 0. The largest absolute Gasteiger partial charge is 0.505 e. The van der Waals surface area contributed by atoms with E-state index in [4.69, 9.17) is 10.8 Å². The van der Waals surface area contributed by atoms with Crippen LogP contribution in [0.15, 0.2) is 12.1 Å². The van der Waals surface area contributed by atoms with Crippen LogP contribution in [0.5, 0.6) is 5.75 Å². The third-order valence-electron chi connectivity index (χ3n) is 1.37. The summed E-state index contributed by atoms with van der Waals surface area (Å²) in [6.07, 6.45) is 0. The van der Waals surface area contributed by atoms with E-state index in [-0.39, 0.29) is 24.5 Å². The van der Waals surface area contributed by atoms with Crippen LogP contribution in [0, 0.1) is 11.6 Å². The quantitative estimate of drug-likeness (QED) is 0.714. The fourth-order valence-electron chi connectivity index (χ4n) is 0.745. The van der Waals surface area contributed by atoms with E-state index < -0.39 is 17.4 Å². The van der Waals surface area contributed by atoms with Gasteiger partial charge >= 0.3 is 0 Å². The molecule has 12 heavy (non-hydrogen) atoms. The van der Waals surface area contributed by atoms with Gasteiger partial charge in [-0.1, -0.05) is 6.07 Å². The fraction of sp³-hybridized carbons (Fsp3) is 0.143. The molecule has 1 aromatic rings. The molecule has 0 saturated carbocycles. The average molecular weight is 196 g/mol. The molecule has 0 aromatic heterocycles. The monoisotopic (exact) mass is 195 g/mol. The summed E-state index contributed by atoms with van der Waals surface area (Å²) in [4.78, 5) is 0. The third-order valence-corrected chi connectivity index (χ3v) is 1.37. The van der Waals surface area contributed by atoms with E-state index >= 15 is 0 Å². The number of halogens is 3. The Morgan fingerprint density at radius 3 is 2.42 bits per heavy atom. The van der Waals surface area contributed by atoms with E-state index in [1.54, 1.807) is 0 Å². The molecule has 0 spiro atoms. The molecule has 0 radical (unpaired) electrons. The van der Waals surface area contributed by atoms with Crippen molar-refractivity contribution in [3.8, 4) is 5.75 Å². The minimum atomic E-state index is -1.24. The lowest BCUT2D eigenvalue weighted by atomic mass is 10.2. The van der Waals surface area contributed by atoms with Crippen molar-refractivity contribution in [2.75, 3.05) is 0 Å². The maximum atomic E-state index is 12.5. The van der Waals surface area contributed by atoms with Crippen LogP contribution in [0.2, 0.25) is 0 Å². The first-order chi connectivity index (χ1) is 5.16. The first kappa shape index (κ1) is 11.1. The molecule has 1 aromatic carbocycles. The van der Waals surface area contributed by atoms with Crippen molar-refractivity contribution in [2.45, 2.75) is 6.54 Å². The summed E-state index contributed by atoms with van der Waals surface area (Å²) in [7, 11) is 0. The van der Waals surface area contributed by atoms with Crippen LogP contribution in [-0.2, 0) is 6.54 Å². The van der Waals surface area contributed by atoms with E-state index in [9.17, 15) is 8.78 Å². The molecule has 3 N–H and O–H groups in total. The number of phenolic OH excluding ortho intramolecular Hbond substituents is 1. The van der Waals surface area contributed by atoms with Gasteiger partial charge in [0.25, 0.3) is 0 Å². The van der Waals surface area contributed by atoms with Crippen molar-refractivity contribution in [2.24, 2.45) is 5.73 Å². The second-order valence-corrected chi connectivity index (χ2v) is 2.07. The van der Waals surface area contributed by atoms with Crippen LogP contribution >= 0.6 is 12.4 Å². The highest BCUT2D eigenvalue weighted by atomic mass is 35.5. The maximum Gasteiger partial charge on any atom is 0.200 e. The lowest BCUT2D eigenvalue weighted by Gasteiger charge is -2.01. The van der Waals surface area contributed by atoms with Crippen LogP contribution < -0.4 is 5.73 Å². The summed E-state index contributed by atoms with van der Waals surface area (Å²) in [5.74, 6) is -3.01. The first-order valence-corrected chi connectivity index (χ1v) is 3.02. The van der Waals surface area contributed by atoms with Crippen LogP contribution in [0.25, 0.3) is 0 Å². The highest BCUT2D eigenvalue weighted by Crippen LogP contribution is 2.22. The predicted molar refractivity (Wildman–Crippen MR) is 43.2 cm³/mol. The first-order valence-electron chi connectivity index (χ1n) is 3.02. The van der Waals surface area contributed by atoms with Gasteiger partial charge in [-0.2, -0.15) is 4.39 Å². The van der Waals surface area contributed by atoms with Gasteiger partial charge in [-0.3, -0.25) is 0 Å². The molecular weight excluding hydrogens is 188 g/mol. The van der Waals surface area contributed by atoms with Gasteiger partial charge in [-0.25, -0.2) is 4.39 Å². The topological polar surface area (TPSA) is 46.2 Å². The predicted octanol–water partition coefficient (Wildman–Crippen LogP) is 1.55. The van der Waals surface area contributed by atoms with E-state index in [1.165, 1.54) is 6.07 Å². The highest BCUT2D eigenvalue weighted by molar-refractivity contribution is 5.85. The summed E-state index contributed by atoms with van der Waals surface area (Å²) in [6, 6.07) is 2.17. The lowest BCUT2D eigenvalue weighted by molar-refractivity contribution is 0.401. The Hall–Kier alpha value is -0.870. The van der Waals surface area contributed by atoms with Gasteiger partial charge in [0.05, 0.1) is 0 Å². The minimum absolute atomic E-state index is 0. The molecule has 0 aliphatic heterocycles. The molecule has 0 atom stereocenters. The maximum absolute atomic E-state index is 12.5. The summed E-state index contributed by atoms with van der Waals surface area (Å²) < 4.78 is 24.8. The standard InChI is InChI=1S/C7H7F2NO.ClH/c8-5-2-1-4(3-10)7(11)6(5)9;/h1-2,11H,3,10H2;1H. The van der Waals surface area contributed by atoms with Crippen molar-refractivity contribution in [3.63, 3.8) is 0 Å². The smallest absolute Gasteiger partial charge is 0.200 e. The molecule has 68 valence electrons. The summed E-state index contributed by atoms with van der Waals surface area (Å²) in [5.41, 5.74) is 5.32. The summed E-state index contributed by atoms with van der Waals surface area (Å²) in [5, 5.41) is 8.88. The van der Waals surface area contributed by atoms with Crippen LogP contribution in [-0.4, -0.2) is 5.11 Å². The molecule has 0 aliphatic rings. The molecule has 0 heterocycles. The fourth-order valence-corrected chi connectivity index (χ4v) is 0.745. The van der Waals surface area contributed by atoms with Crippen LogP contribution in [0.3, 0.4) is 0 Å². The van der Waals surface area contributed by atoms with Crippen molar-refractivity contribution in [1.82, 2.24) is 0 Å². The number of nitrogens with two attached hydrogens (primary N) is 1. The Labute approximate surface area is 74.4 Å². The molecular formula is C7H8ClF2NO. The normalized spacial score (nSPS) is 9.25. The van der Waals surface area contributed by atoms with Crippen LogP contribution in [0.1, 0.15) is 5.56 Å². The Bertz CT molecular complexity index is 280. The number of phenols is 1. The molecule has 5 heteroatoms. The molecule has 0 fully saturated rings. The molecule has 0 saturated heterocycles. The Morgan fingerprint density at radius 1 is 1.33 bits per heavy atom. The van der Waals surface area contributed by atoms with Gasteiger partial charge in [0.15, 0.2) is 11.6 Å². The highest BCUT2D eigenvalue weighted by Gasteiger charge is 2.10. The Morgan fingerprint density at radius 2 is 1.92 bits per heavy atom. The average Bonchev–Trinajstić information content (AvgIpc) is 2.01. The van der Waals surface area contributed by atoms with Gasteiger partial charge in [-0.15, -0.1) is 12.4 Å². The van der Waals surface area contributed by atoms with Crippen LogP contribution in [0.4, 0.5) is 8.78 Å². The van der Waals surface area contributed by atoms with E-state index in [0.717, 1.165) is 6.07 Å². The zero-order valence-electron chi connectivity index (χ0n) is 6.05.